The van der Waals surface area contributed by atoms with Gasteiger partial charge in [-0.1, -0.05) is 23.7 Å². The number of fused-ring (bicyclic) bond motifs is 3. The highest BCUT2D eigenvalue weighted by atomic mass is 35.5. The van der Waals surface area contributed by atoms with Gasteiger partial charge >= 0.3 is 0 Å². The van der Waals surface area contributed by atoms with Crippen LogP contribution in [0.15, 0.2) is 42.2 Å². The lowest BCUT2D eigenvalue weighted by molar-refractivity contribution is 0.233. The summed E-state index contributed by atoms with van der Waals surface area (Å²) in [5, 5.41) is 10.4. The van der Waals surface area contributed by atoms with Crippen LogP contribution in [-0.2, 0) is 0 Å². The van der Waals surface area contributed by atoms with Crippen LogP contribution in [0.2, 0.25) is 5.02 Å². The van der Waals surface area contributed by atoms with Gasteiger partial charge in [0.25, 0.3) is 0 Å². The van der Waals surface area contributed by atoms with Crippen molar-refractivity contribution in [2.75, 3.05) is 0 Å². The van der Waals surface area contributed by atoms with Crippen molar-refractivity contribution in [3.8, 4) is 5.75 Å². The molecule has 1 N–H and O–H groups in total. The molecule has 0 radical (unpaired) electrons. The molecule has 0 amide bonds. The normalized spacial score (nSPS) is 26.6. The van der Waals surface area contributed by atoms with Crippen molar-refractivity contribution in [3.05, 3.63) is 52.8 Å². The van der Waals surface area contributed by atoms with Crippen molar-refractivity contribution in [2.45, 2.75) is 12.0 Å². The first kappa shape index (κ1) is 8.86. The Morgan fingerprint density at radius 2 is 2.20 bits per heavy atom. The summed E-state index contributed by atoms with van der Waals surface area (Å²) >= 11 is 5.88. The second-order valence-electron chi connectivity index (χ2n) is 3.72. The lowest BCUT2D eigenvalue weighted by Gasteiger charge is -2.17. The third-order valence-electron chi connectivity index (χ3n) is 2.79. The molecule has 0 saturated carbocycles. The van der Waals surface area contributed by atoms with Gasteiger partial charge in [-0.2, -0.15) is 0 Å². The Bertz CT molecular complexity index is 477. The van der Waals surface area contributed by atoms with Crippen molar-refractivity contribution >= 4 is 11.6 Å². The molecule has 1 aromatic carbocycles. The fraction of sp³-hybridized carbons (Fsp3) is 0.167. The predicted octanol–water partition coefficient (Wildman–Crippen LogP) is 3.20. The maximum atomic E-state index is 9.79. The van der Waals surface area contributed by atoms with E-state index < -0.39 is 0 Å². The van der Waals surface area contributed by atoms with Gasteiger partial charge in [-0.15, -0.1) is 0 Å². The molecular weight excluding hydrogens is 212 g/mol. The molecule has 3 rings (SSSR count). The number of halogens is 1. The molecule has 3 heteroatoms. The zero-order chi connectivity index (χ0) is 10.4. The number of hydrogen-bond donors (Lipinski definition) is 1. The largest absolute Gasteiger partial charge is 0.512 e. The lowest BCUT2D eigenvalue weighted by Crippen LogP contribution is -2.19. The Labute approximate surface area is 92.4 Å². The second kappa shape index (κ2) is 3.04. The Hall–Kier alpha value is -1.41. The summed E-state index contributed by atoms with van der Waals surface area (Å²) in [7, 11) is 0. The number of benzene rings is 1. The fourth-order valence-corrected chi connectivity index (χ4v) is 2.27. The monoisotopic (exact) mass is 220 g/mol. The third kappa shape index (κ3) is 1.25. The number of ether oxygens (including phenoxy) is 1. The van der Waals surface area contributed by atoms with Gasteiger partial charge in [0.05, 0.1) is 5.92 Å². The molecule has 1 heterocycles. The topological polar surface area (TPSA) is 29.5 Å². The molecule has 2 aliphatic rings. The summed E-state index contributed by atoms with van der Waals surface area (Å²) < 4.78 is 5.69. The molecule has 0 saturated heterocycles. The van der Waals surface area contributed by atoms with E-state index in [0.717, 1.165) is 11.3 Å². The average molecular weight is 221 g/mol. The van der Waals surface area contributed by atoms with Crippen molar-refractivity contribution < 1.29 is 9.84 Å². The van der Waals surface area contributed by atoms with Gasteiger partial charge in [-0.25, -0.2) is 0 Å². The summed E-state index contributed by atoms with van der Waals surface area (Å²) in [5.41, 5.74) is 1.00. The molecule has 0 fully saturated rings. The molecule has 0 spiro atoms. The van der Waals surface area contributed by atoms with Gasteiger partial charge in [0.15, 0.2) is 0 Å². The van der Waals surface area contributed by atoms with Crippen LogP contribution in [0.25, 0.3) is 0 Å². The molecule has 1 aromatic rings. The van der Waals surface area contributed by atoms with E-state index in [2.05, 4.69) is 0 Å². The van der Waals surface area contributed by atoms with E-state index in [-0.39, 0.29) is 12.0 Å². The van der Waals surface area contributed by atoms with Gasteiger partial charge < -0.3 is 9.84 Å². The standard InChI is InChI=1S/C12H9ClO2/c13-7-4-5-8-11(6-7)15-10-3-1-2-9(14)12(8)10/h1-6,10,12,14H. The van der Waals surface area contributed by atoms with Crippen LogP contribution in [-0.4, -0.2) is 11.2 Å². The van der Waals surface area contributed by atoms with E-state index in [0.29, 0.717) is 10.8 Å². The summed E-state index contributed by atoms with van der Waals surface area (Å²) in [6, 6.07) is 5.51. The zero-order valence-corrected chi connectivity index (χ0v) is 8.61. The van der Waals surface area contributed by atoms with E-state index in [9.17, 15) is 5.11 Å². The molecule has 0 bridgehead atoms. The van der Waals surface area contributed by atoms with Crippen LogP contribution in [0.4, 0.5) is 0 Å². The van der Waals surface area contributed by atoms with Crippen LogP contribution >= 0.6 is 11.6 Å². The predicted molar refractivity (Wildman–Crippen MR) is 58.5 cm³/mol. The summed E-state index contributed by atoms with van der Waals surface area (Å²) in [6.45, 7) is 0. The molecule has 1 aliphatic carbocycles. The highest BCUT2D eigenvalue weighted by Gasteiger charge is 2.36. The molecular formula is C12H9ClO2. The number of allylic oxidation sites excluding steroid dienone is 2. The average Bonchev–Trinajstić information content (AvgIpc) is 2.56. The minimum absolute atomic E-state index is 0.0673. The van der Waals surface area contributed by atoms with Crippen LogP contribution in [0.1, 0.15) is 11.5 Å². The molecule has 0 aromatic heterocycles. The Morgan fingerprint density at radius 1 is 1.33 bits per heavy atom. The van der Waals surface area contributed by atoms with Gasteiger partial charge in [-0.3, -0.25) is 0 Å². The quantitative estimate of drug-likeness (QED) is 0.728. The molecule has 1 aliphatic heterocycles. The van der Waals surface area contributed by atoms with E-state index in [1.165, 1.54) is 0 Å². The van der Waals surface area contributed by atoms with Gasteiger partial charge in [0.1, 0.15) is 17.6 Å². The first-order chi connectivity index (χ1) is 7.25. The van der Waals surface area contributed by atoms with Crippen LogP contribution in [0.3, 0.4) is 0 Å². The Kier molecular flexibility index (Phi) is 1.80. The van der Waals surface area contributed by atoms with E-state index in [1.807, 2.05) is 24.3 Å². The highest BCUT2D eigenvalue weighted by molar-refractivity contribution is 6.30. The second-order valence-corrected chi connectivity index (χ2v) is 4.16. The van der Waals surface area contributed by atoms with Crippen molar-refractivity contribution in [2.24, 2.45) is 0 Å². The molecule has 15 heavy (non-hydrogen) atoms. The molecule has 2 atom stereocenters. The smallest absolute Gasteiger partial charge is 0.131 e. The maximum absolute atomic E-state index is 9.79. The number of aliphatic hydroxyl groups is 1. The summed E-state index contributed by atoms with van der Waals surface area (Å²) in [6.07, 6.45) is 5.36. The molecule has 76 valence electrons. The minimum Gasteiger partial charge on any atom is -0.512 e. The number of hydrogen-bond acceptors (Lipinski definition) is 2. The van der Waals surface area contributed by atoms with E-state index >= 15 is 0 Å². The molecule has 2 unspecified atom stereocenters. The van der Waals surface area contributed by atoms with Crippen molar-refractivity contribution in [3.63, 3.8) is 0 Å². The van der Waals surface area contributed by atoms with E-state index in [4.69, 9.17) is 16.3 Å². The molecule has 2 nitrogen and oxygen atoms in total. The van der Waals surface area contributed by atoms with Crippen molar-refractivity contribution in [1.29, 1.82) is 0 Å². The summed E-state index contributed by atoms with van der Waals surface area (Å²) in [4.78, 5) is 0. The van der Waals surface area contributed by atoms with Gasteiger partial charge in [-0.05, 0) is 24.3 Å². The Balaban J connectivity index is 2.13. The van der Waals surface area contributed by atoms with Crippen LogP contribution < -0.4 is 4.74 Å². The maximum Gasteiger partial charge on any atom is 0.131 e. The number of aliphatic hydroxyl groups excluding tert-OH is 1. The lowest BCUT2D eigenvalue weighted by atomic mass is 9.90. The third-order valence-corrected chi connectivity index (χ3v) is 3.02. The van der Waals surface area contributed by atoms with E-state index in [1.54, 1.807) is 12.1 Å². The van der Waals surface area contributed by atoms with Gasteiger partial charge in [0, 0.05) is 10.6 Å². The highest BCUT2D eigenvalue weighted by Crippen LogP contribution is 2.44. The Morgan fingerprint density at radius 3 is 3.07 bits per heavy atom. The minimum atomic E-state index is -0.0940. The van der Waals surface area contributed by atoms with Gasteiger partial charge in [0.2, 0.25) is 0 Å². The SMILES string of the molecule is OC1=CC=CC2Oc3cc(Cl)ccc3C12. The summed E-state index contributed by atoms with van der Waals surface area (Å²) in [5.74, 6) is 1.05. The zero-order valence-electron chi connectivity index (χ0n) is 7.85. The fourth-order valence-electron chi connectivity index (χ4n) is 2.10. The van der Waals surface area contributed by atoms with Crippen LogP contribution in [0.5, 0.6) is 5.75 Å². The van der Waals surface area contributed by atoms with Crippen molar-refractivity contribution in [1.82, 2.24) is 0 Å². The first-order valence-corrected chi connectivity index (χ1v) is 5.17. The van der Waals surface area contributed by atoms with Crippen LogP contribution in [0, 0.1) is 0 Å². The first-order valence-electron chi connectivity index (χ1n) is 4.79. The number of rotatable bonds is 0.